The molecule has 0 saturated carbocycles. The highest BCUT2D eigenvalue weighted by Gasteiger charge is 2.24. The minimum absolute atomic E-state index is 0.135. The maximum absolute atomic E-state index is 13.8. The molecule has 0 saturated heterocycles. The molecule has 2 aromatic rings. The average molecular weight is 277 g/mol. The zero-order valence-electron chi connectivity index (χ0n) is 12.5. The Bertz CT molecular complexity index is 641. The molecule has 20 heavy (non-hydrogen) atoms. The van der Waals surface area contributed by atoms with Gasteiger partial charge in [-0.15, -0.1) is 0 Å². The van der Waals surface area contributed by atoms with Crippen LogP contribution in [0.15, 0.2) is 12.3 Å². The smallest absolute Gasteiger partial charge is 0.145 e. The second kappa shape index (κ2) is 4.98. The van der Waals surface area contributed by atoms with Crippen LogP contribution in [0.3, 0.4) is 0 Å². The van der Waals surface area contributed by atoms with E-state index in [9.17, 15) is 9.50 Å². The van der Waals surface area contributed by atoms with E-state index in [-0.39, 0.29) is 18.0 Å². The summed E-state index contributed by atoms with van der Waals surface area (Å²) in [6, 6.07) is 1.47. The fourth-order valence-electron chi connectivity index (χ4n) is 2.15. The molecule has 2 aromatic heterocycles. The summed E-state index contributed by atoms with van der Waals surface area (Å²) in [7, 11) is 0. The molecule has 4 nitrogen and oxygen atoms in total. The van der Waals surface area contributed by atoms with Gasteiger partial charge >= 0.3 is 0 Å². The van der Waals surface area contributed by atoms with Gasteiger partial charge in [0.15, 0.2) is 0 Å². The van der Waals surface area contributed by atoms with Crippen LogP contribution in [-0.2, 0) is 12.1 Å². The number of aryl methyl sites for hydroxylation is 1. The SMILES string of the molecule is Cc1ncc(-c2c(C)c(CO)nn2C(C)(C)C)cc1F. The highest BCUT2D eigenvalue weighted by molar-refractivity contribution is 5.64. The molecule has 0 amide bonds. The van der Waals surface area contributed by atoms with Crippen LogP contribution in [0.2, 0.25) is 0 Å². The van der Waals surface area contributed by atoms with Gasteiger partial charge in [-0.2, -0.15) is 5.10 Å². The monoisotopic (exact) mass is 277 g/mol. The Morgan fingerprint density at radius 2 is 1.95 bits per heavy atom. The molecule has 0 aliphatic rings. The number of nitrogens with zero attached hydrogens (tertiary/aromatic N) is 3. The fraction of sp³-hybridized carbons (Fsp3) is 0.467. The first-order valence-electron chi connectivity index (χ1n) is 6.58. The molecule has 2 heterocycles. The van der Waals surface area contributed by atoms with Crippen molar-refractivity contribution in [1.82, 2.24) is 14.8 Å². The van der Waals surface area contributed by atoms with Crippen molar-refractivity contribution in [3.8, 4) is 11.3 Å². The Morgan fingerprint density at radius 3 is 2.45 bits per heavy atom. The van der Waals surface area contributed by atoms with Crippen molar-refractivity contribution in [3.63, 3.8) is 0 Å². The second-order valence-electron chi connectivity index (χ2n) is 5.95. The van der Waals surface area contributed by atoms with Gasteiger partial charge in [-0.3, -0.25) is 9.67 Å². The first-order valence-corrected chi connectivity index (χ1v) is 6.58. The van der Waals surface area contributed by atoms with E-state index in [1.165, 1.54) is 6.07 Å². The Balaban J connectivity index is 2.71. The lowest BCUT2D eigenvalue weighted by atomic mass is 10.0. The number of hydrogen-bond donors (Lipinski definition) is 1. The lowest BCUT2D eigenvalue weighted by Crippen LogP contribution is -2.24. The summed E-state index contributed by atoms with van der Waals surface area (Å²) < 4.78 is 15.6. The number of hydrogen-bond acceptors (Lipinski definition) is 3. The van der Waals surface area contributed by atoms with Crippen LogP contribution in [0.1, 0.15) is 37.7 Å². The third-order valence-corrected chi connectivity index (χ3v) is 3.30. The minimum Gasteiger partial charge on any atom is -0.390 e. The molecule has 0 unspecified atom stereocenters. The Labute approximate surface area is 118 Å². The van der Waals surface area contributed by atoms with E-state index in [0.29, 0.717) is 17.0 Å². The molecule has 1 N–H and O–H groups in total. The summed E-state index contributed by atoms with van der Waals surface area (Å²) >= 11 is 0. The van der Waals surface area contributed by atoms with Crippen molar-refractivity contribution in [3.05, 3.63) is 35.0 Å². The Hall–Kier alpha value is -1.75. The van der Waals surface area contributed by atoms with Crippen LogP contribution in [-0.4, -0.2) is 19.9 Å². The standard InChI is InChI=1S/C15H20FN3O/c1-9-13(8-20)18-19(15(3,4)5)14(9)11-6-12(16)10(2)17-7-11/h6-7,20H,8H2,1-5H3. The zero-order valence-corrected chi connectivity index (χ0v) is 12.5. The highest BCUT2D eigenvalue weighted by Crippen LogP contribution is 2.31. The third-order valence-electron chi connectivity index (χ3n) is 3.30. The summed E-state index contributed by atoms with van der Waals surface area (Å²) in [6.45, 7) is 9.43. The van der Waals surface area contributed by atoms with E-state index in [1.807, 2.05) is 32.4 Å². The molecule has 0 radical (unpaired) electrons. The number of aliphatic hydroxyl groups is 1. The Kier molecular flexibility index (Phi) is 3.65. The first kappa shape index (κ1) is 14.7. The molecule has 0 aliphatic carbocycles. The van der Waals surface area contributed by atoms with E-state index in [2.05, 4.69) is 10.1 Å². The first-order chi connectivity index (χ1) is 9.25. The topological polar surface area (TPSA) is 50.9 Å². The zero-order chi connectivity index (χ0) is 15.1. The average Bonchev–Trinajstić information content (AvgIpc) is 2.70. The Morgan fingerprint density at radius 1 is 1.30 bits per heavy atom. The van der Waals surface area contributed by atoms with E-state index in [1.54, 1.807) is 13.1 Å². The predicted octanol–water partition coefficient (Wildman–Crippen LogP) is 2.95. The van der Waals surface area contributed by atoms with Crippen molar-refractivity contribution >= 4 is 0 Å². The van der Waals surface area contributed by atoms with Crippen molar-refractivity contribution in [1.29, 1.82) is 0 Å². The van der Waals surface area contributed by atoms with Crippen molar-refractivity contribution in [2.75, 3.05) is 0 Å². The molecule has 2 rings (SSSR count). The largest absolute Gasteiger partial charge is 0.390 e. The summed E-state index contributed by atoms with van der Waals surface area (Å²) in [5.41, 5.74) is 3.04. The second-order valence-corrected chi connectivity index (χ2v) is 5.95. The number of halogens is 1. The summed E-state index contributed by atoms with van der Waals surface area (Å²) in [4.78, 5) is 4.08. The molecule has 0 aliphatic heterocycles. The molecule has 0 atom stereocenters. The van der Waals surface area contributed by atoms with E-state index in [4.69, 9.17) is 0 Å². The van der Waals surface area contributed by atoms with Gasteiger partial charge in [0.25, 0.3) is 0 Å². The van der Waals surface area contributed by atoms with Crippen LogP contribution in [0.25, 0.3) is 11.3 Å². The van der Waals surface area contributed by atoms with Crippen molar-refractivity contribution in [2.45, 2.75) is 46.8 Å². The van der Waals surface area contributed by atoms with E-state index < -0.39 is 0 Å². The van der Waals surface area contributed by atoms with Crippen LogP contribution in [0.4, 0.5) is 4.39 Å². The molecule has 108 valence electrons. The maximum atomic E-state index is 13.8. The van der Waals surface area contributed by atoms with Crippen LogP contribution in [0, 0.1) is 19.7 Å². The predicted molar refractivity (Wildman–Crippen MR) is 75.8 cm³/mol. The van der Waals surface area contributed by atoms with Gasteiger partial charge in [0.2, 0.25) is 0 Å². The van der Waals surface area contributed by atoms with Crippen molar-refractivity contribution < 1.29 is 9.50 Å². The molecule has 0 fully saturated rings. The van der Waals surface area contributed by atoms with Gasteiger partial charge in [0, 0.05) is 17.3 Å². The van der Waals surface area contributed by atoms with Crippen LogP contribution < -0.4 is 0 Å². The van der Waals surface area contributed by atoms with E-state index in [0.717, 1.165) is 11.3 Å². The number of pyridine rings is 1. The van der Waals surface area contributed by atoms with Gasteiger partial charge < -0.3 is 5.11 Å². The third kappa shape index (κ3) is 2.45. The number of aliphatic hydroxyl groups excluding tert-OH is 1. The van der Waals surface area contributed by atoms with Gasteiger partial charge in [-0.05, 0) is 40.7 Å². The van der Waals surface area contributed by atoms with Crippen LogP contribution >= 0.6 is 0 Å². The summed E-state index contributed by atoms with van der Waals surface area (Å²) in [5, 5.41) is 13.8. The molecule has 0 aromatic carbocycles. The maximum Gasteiger partial charge on any atom is 0.145 e. The quantitative estimate of drug-likeness (QED) is 0.918. The molecule has 5 heteroatoms. The van der Waals surface area contributed by atoms with Gasteiger partial charge in [-0.1, -0.05) is 0 Å². The number of aromatic nitrogens is 3. The minimum atomic E-state index is -0.339. The van der Waals surface area contributed by atoms with Gasteiger partial charge in [0.05, 0.1) is 29.2 Å². The summed E-state index contributed by atoms with van der Waals surface area (Å²) in [6.07, 6.45) is 1.64. The van der Waals surface area contributed by atoms with Gasteiger partial charge in [-0.25, -0.2) is 4.39 Å². The molecular formula is C15H20FN3O. The highest BCUT2D eigenvalue weighted by atomic mass is 19.1. The van der Waals surface area contributed by atoms with Crippen LogP contribution in [0.5, 0.6) is 0 Å². The molecule has 0 bridgehead atoms. The lowest BCUT2D eigenvalue weighted by molar-refractivity contribution is 0.269. The van der Waals surface area contributed by atoms with Crippen molar-refractivity contribution in [2.24, 2.45) is 0 Å². The van der Waals surface area contributed by atoms with Gasteiger partial charge in [0.1, 0.15) is 5.82 Å². The normalized spacial score (nSPS) is 11.9. The number of rotatable bonds is 2. The lowest BCUT2D eigenvalue weighted by Gasteiger charge is -2.23. The summed E-state index contributed by atoms with van der Waals surface area (Å²) in [5.74, 6) is -0.339. The molecular weight excluding hydrogens is 257 g/mol. The molecule has 0 spiro atoms. The van der Waals surface area contributed by atoms with E-state index >= 15 is 0 Å². The fourth-order valence-corrected chi connectivity index (χ4v) is 2.15.